The molecule has 0 fully saturated rings. The molecule has 5 rings (SSSR count). The number of nitrogens with zero attached hydrogens (tertiary/aromatic N) is 2. The van der Waals surface area contributed by atoms with Gasteiger partial charge in [-0.3, -0.25) is 4.79 Å². The fourth-order valence-corrected chi connectivity index (χ4v) is 5.35. The summed E-state index contributed by atoms with van der Waals surface area (Å²) in [5.74, 6) is 0.0348. The summed E-state index contributed by atoms with van der Waals surface area (Å²) in [7, 11) is -3.37. The number of fused-ring (bicyclic) bond motifs is 2. The van der Waals surface area contributed by atoms with Crippen molar-refractivity contribution in [2.24, 2.45) is 0 Å². The van der Waals surface area contributed by atoms with Gasteiger partial charge < -0.3 is 24.5 Å². The normalized spacial score (nSPS) is 14.9. The Morgan fingerprint density at radius 3 is 2.56 bits per heavy atom. The van der Waals surface area contributed by atoms with E-state index < -0.39 is 34.7 Å². The van der Waals surface area contributed by atoms with Crippen molar-refractivity contribution in [1.82, 2.24) is 14.9 Å². The lowest BCUT2D eigenvalue weighted by Gasteiger charge is -2.17. The third-order valence-electron chi connectivity index (χ3n) is 6.55. The van der Waals surface area contributed by atoms with Crippen LogP contribution in [-0.4, -0.2) is 47.6 Å². The first-order valence-corrected chi connectivity index (χ1v) is 13.8. The summed E-state index contributed by atoms with van der Waals surface area (Å²) in [5.41, 5.74) is 2.53. The molecule has 1 aliphatic rings. The number of aryl methyl sites for hydroxylation is 1. The highest BCUT2D eigenvalue weighted by molar-refractivity contribution is 7.91. The van der Waals surface area contributed by atoms with E-state index in [9.17, 15) is 27.1 Å². The second-order valence-corrected chi connectivity index (χ2v) is 11.3. The molecule has 39 heavy (non-hydrogen) atoms. The van der Waals surface area contributed by atoms with Gasteiger partial charge in [-0.05, 0) is 48.9 Å². The number of halogens is 2. The maximum atomic E-state index is 13.6. The zero-order valence-electron chi connectivity index (χ0n) is 21.0. The Kier molecular flexibility index (Phi) is 6.77. The van der Waals surface area contributed by atoms with E-state index >= 15 is 0 Å². The molecule has 3 aromatic carbocycles. The van der Waals surface area contributed by atoms with E-state index in [4.69, 9.17) is 4.74 Å². The predicted octanol–water partition coefficient (Wildman–Crippen LogP) is 3.97. The molecule has 204 valence electrons. The molecule has 0 radical (unpaired) electrons. The highest BCUT2D eigenvalue weighted by Crippen LogP contribution is 2.43. The first-order valence-electron chi connectivity index (χ1n) is 12.1. The van der Waals surface area contributed by atoms with Crippen LogP contribution in [0.3, 0.4) is 0 Å². The lowest BCUT2D eigenvalue weighted by Crippen LogP contribution is -2.30. The van der Waals surface area contributed by atoms with Crippen molar-refractivity contribution in [3.63, 3.8) is 0 Å². The molecule has 1 aliphatic heterocycles. The molecule has 0 unspecified atom stereocenters. The van der Waals surface area contributed by atoms with Gasteiger partial charge in [0.2, 0.25) is 0 Å². The zero-order chi connectivity index (χ0) is 27.9. The number of benzene rings is 3. The Balaban J connectivity index is 1.36. The first kappa shape index (κ1) is 26.6. The largest absolute Gasteiger partial charge is 0.586 e. The number of aliphatic hydroxyl groups is 1. The highest BCUT2D eigenvalue weighted by atomic mass is 32.2. The summed E-state index contributed by atoms with van der Waals surface area (Å²) < 4.78 is 62.4. The van der Waals surface area contributed by atoms with Gasteiger partial charge in [0.25, 0.3) is 5.91 Å². The Morgan fingerprint density at radius 1 is 1.13 bits per heavy atom. The number of nitrogens with one attached hydrogen (secondary N) is 1. The van der Waals surface area contributed by atoms with Crippen molar-refractivity contribution in [2.75, 3.05) is 12.4 Å². The van der Waals surface area contributed by atoms with E-state index in [0.717, 1.165) is 0 Å². The molecule has 0 aliphatic carbocycles. The minimum Gasteiger partial charge on any atom is -0.395 e. The summed E-state index contributed by atoms with van der Waals surface area (Å²) >= 11 is 0. The Bertz CT molecular complexity index is 1670. The number of alkyl halides is 2. The van der Waals surface area contributed by atoms with E-state index in [2.05, 4.69) is 15.0 Å². The van der Waals surface area contributed by atoms with Gasteiger partial charge in [-0.15, -0.1) is 8.78 Å². The Hall–Kier alpha value is -4.03. The third kappa shape index (κ3) is 5.17. The number of ether oxygens (including phenoxy) is 2. The van der Waals surface area contributed by atoms with Crippen molar-refractivity contribution in [2.45, 2.75) is 37.6 Å². The van der Waals surface area contributed by atoms with Crippen LogP contribution >= 0.6 is 0 Å². The number of imidazole rings is 1. The second-order valence-electron chi connectivity index (χ2n) is 9.04. The number of hydrogen-bond acceptors (Lipinski definition) is 7. The second kappa shape index (κ2) is 9.93. The van der Waals surface area contributed by atoms with Crippen molar-refractivity contribution < 1.29 is 36.6 Å². The van der Waals surface area contributed by atoms with Gasteiger partial charge in [0, 0.05) is 11.1 Å². The molecule has 12 heteroatoms. The number of carbonyl (C=O) groups is 1. The van der Waals surface area contributed by atoms with Gasteiger partial charge in [0.05, 0.1) is 40.9 Å². The van der Waals surface area contributed by atoms with Crippen molar-refractivity contribution in [3.8, 4) is 11.5 Å². The molecule has 1 amide bonds. The minimum absolute atomic E-state index is 0.0318. The van der Waals surface area contributed by atoms with Crippen molar-refractivity contribution in [3.05, 3.63) is 83.2 Å². The van der Waals surface area contributed by atoms with E-state index in [0.29, 0.717) is 33.5 Å². The van der Waals surface area contributed by atoms with Gasteiger partial charge >= 0.3 is 6.29 Å². The van der Waals surface area contributed by atoms with Crippen LogP contribution in [-0.2, 0) is 16.4 Å². The monoisotopic (exact) mass is 557 g/mol. The van der Waals surface area contributed by atoms with Crippen LogP contribution in [0.1, 0.15) is 40.3 Å². The molecule has 2 N–H and O–H groups in total. The van der Waals surface area contributed by atoms with Crippen LogP contribution < -0.4 is 14.8 Å². The summed E-state index contributed by atoms with van der Waals surface area (Å²) in [6.07, 6.45) is -3.73. The number of rotatable bonds is 8. The van der Waals surface area contributed by atoms with Crippen LogP contribution in [0.25, 0.3) is 11.0 Å². The van der Waals surface area contributed by atoms with E-state index in [1.165, 1.54) is 18.2 Å². The molecule has 9 nitrogen and oxygen atoms in total. The molecule has 1 atom stereocenters. The number of para-hydroxylation sites is 1. The number of sulfone groups is 1. The highest BCUT2D eigenvalue weighted by Gasteiger charge is 2.44. The van der Waals surface area contributed by atoms with E-state index in [1.807, 2.05) is 4.57 Å². The van der Waals surface area contributed by atoms with E-state index in [1.54, 1.807) is 56.3 Å². The van der Waals surface area contributed by atoms with Gasteiger partial charge in [-0.1, -0.05) is 31.2 Å². The minimum atomic E-state index is -3.73. The molecule has 0 spiro atoms. The maximum absolute atomic E-state index is 13.6. The first-order chi connectivity index (χ1) is 18.5. The standard InChI is InChI=1S/C27H25F2N3O6S/c1-3-39(35,36)20-10-7-17(8-11-20)22(15-33)31-26(34)18-9-12-23-21(13-18)30-16(2)32(23)14-19-5-4-6-24-25(19)38-27(28,29)37-24/h4-13,22,33H,3,14-15H2,1-2H3,(H,31,34)/t22-/m1/s1. The molecule has 0 bridgehead atoms. The summed E-state index contributed by atoms with van der Waals surface area (Å²) in [6, 6.07) is 14.8. The van der Waals surface area contributed by atoms with Crippen molar-refractivity contribution in [1.29, 1.82) is 0 Å². The summed E-state index contributed by atoms with van der Waals surface area (Å²) in [5, 5.41) is 12.6. The van der Waals surface area contributed by atoms with Crippen molar-refractivity contribution >= 4 is 26.8 Å². The Labute approximate surface area is 222 Å². The molecule has 1 aromatic heterocycles. The summed E-state index contributed by atoms with van der Waals surface area (Å²) in [4.78, 5) is 17.7. The van der Waals surface area contributed by atoms with Crippen LogP contribution in [0.15, 0.2) is 65.6 Å². The smallest absolute Gasteiger partial charge is 0.395 e. The lowest BCUT2D eigenvalue weighted by molar-refractivity contribution is -0.286. The number of hydrogen-bond donors (Lipinski definition) is 2. The average molecular weight is 558 g/mol. The number of amides is 1. The molecule has 0 saturated carbocycles. The number of aliphatic hydroxyl groups excluding tert-OH is 1. The van der Waals surface area contributed by atoms with Crippen LogP contribution in [0, 0.1) is 6.92 Å². The van der Waals surface area contributed by atoms with Crippen LogP contribution in [0.5, 0.6) is 11.5 Å². The Morgan fingerprint density at radius 2 is 1.87 bits per heavy atom. The fraction of sp³-hybridized carbons (Fsp3) is 0.259. The van der Waals surface area contributed by atoms with Gasteiger partial charge in [0.15, 0.2) is 21.3 Å². The third-order valence-corrected chi connectivity index (χ3v) is 8.30. The fourth-order valence-electron chi connectivity index (χ4n) is 4.46. The molecular weight excluding hydrogens is 532 g/mol. The topological polar surface area (TPSA) is 120 Å². The lowest BCUT2D eigenvalue weighted by atomic mass is 10.1. The van der Waals surface area contributed by atoms with Crippen LogP contribution in [0.4, 0.5) is 8.78 Å². The van der Waals surface area contributed by atoms with Gasteiger partial charge in [-0.25, -0.2) is 13.4 Å². The zero-order valence-corrected chi connectivity index (χ0v) is 21.8. The summed E-state index contributed by atoms with van der Waals surface area (Å²) in [6.45, 7) is 3.11. The van der Waals surface area contributed by atoms with Crippen LogP contribution in [0.2, 0.25) is 0 Å². The predicted molar refractivity (Wildman–Crippen MR) is 138 cm³/mol. The SMILES string of the molecule is CCS(=O)(=O)c1ccc([C@@H](CO)NC(=O)c2ccc3c(c2)nc(C)n3Cc2cccc3c2OC(F)(F)O3)cc1. The molecule has 0 saturated heterocycles. The quantitative estimate of drug-likeness (QED) is 0.336. The molecule has 2 heterocycles. The van der Waals surface area contributed by atoms with Gasteiger partial charge in [0.1, 0.15) is 5.82 Å². The van der Waals surface area contributed by atoms with E-state index in [-0.39, 0.29) is 28.7 Å². The number of aromatic nitrogens is 2. The maximum Gasteiger partial charge on any atom is 0.586 e. The van der Waals surface area contributed by atoms with Gasteiger partial charge in [-0.2, -0.15) is 0 Å². The number of carbonyl (C=O) groups excluding carboxylic acids is 1. The average Bonchev–Trinajstić information content (AvgIpc) is 3.41. The molecule has 4 aromatic rings. The molecular formula is C27H25F2N3O6S.